The molecule has 0 saturated carbocycles. The Balaban J connectivity index is 2.91. The van der Waals surface area contributed by atoms with E-state index in [2.05, 4.69) is 25.4 Å². The molecule has 1 aromatic rings. The number of anilines is 1. The molecule has 0 amide bonds. The molecule has 0 atom stereocenters. The molecule has 0 spiro atoms. The Morgan fingerprint density at radius 2 is 1.74 bits per heavy atom. The summed E-state index contributed by atoms with van der Waals surface area (Å²) in [7, 11) is 2.12. The van der Waals surface area contributed by atoms with E-state index in [4.69, 9.17) is 0 Å². The fraction of sp³-hybridized carbons (Fsp3) is 0.118. The molecule has 142 valence electrons. The average Bonchev–Trinajstić information content (AvgIpc) is 2.87. The van der Waals surface area contributed by atoms with Crippen molar-refractivity contribution in [3.8, 4) is 0 Å². The molecule has 0 fully saturated rings. The number of benzene rings is 1. The second-order valence-corrected chi connectivity index (χ2v) is 5.80. The second-order valence-electron chi connectivity index (χ2n) is 5.00. The normalized spacial score (nSPS) is 13.4. The molecule has 0 aromatic heterocycles. The van der Waals surface area contributed by atoms with Gasteiger partial charge in [0, 0.05) is 6.20 Å². The van der Waals surface area contributed by atoms with Crippen molar-refractivity contribution in [1.29, 1.82) is 0 Å². The number of allylic oxidation sites excluding steroid dienone is 2. The molecule has 0 radical (unpaired) electrons. The highest BCUT2D eigenvalue weighted by Gasteiger charge is 2.32. The maximum atomic E-state index is 14.1. The average molecular weight is 444 g/mol. The van der Waals surface area contributed by atoms with Gasteiger partial charge in [0.15, 0.2) is 11.6 Å². The molecule has 1 aliphatic heterocycles. The first kappa shape index (κ1) is 20.3. The lowest BCUT2D eigenvalue weighted by atomic mass is 10.1. The summed E-state index contributed by atoms with van der Waals surface area (Å²) >= 11 is 2.82. The summed E-state index contributed by atoms with van der Waals surface area (Å²) in [5.74, 6) is -6.31. The van der Waals surface area contributed by atoms with Crippen molar-refractivity contribution >= 4 is 39.5 Å². The Labute approximate surface area is 160 Å². The summed E-state index contributed by atoms with van der Waals surface area (Å²) < 4.78 is 36.6. The number of aromatic carboxylic acids is 1. The van der Waals surface area contributed by atoms with Crippen LogP contribution in [0.2, 0.25) is 0 Å². The molecule has 2 rings (SSSR count). The molecule has 0 unspecified atom stereocenters. The number of rotatable bonds is 4. The maximum Gasteiger partial charge on any atom is 0.355 e. The van der Waals surface area contributed by atoms with Crippen molar-refractivity contribution in [3.05, 3.63) is 63.4 Å². The number of carboxylic acids is 1. The van der Waals surface area contributed by atoms with Gasteiger partial charge >= 0.3 is 17.9 Å². The van der Waals surface area contributed by atoms with Crippen LogP contribution in [0.1, 0.15) is 10.4 Å². The Hall–Kier alpha value is -3.01. The Kier molecular flexibility index (Phi) is 6.11. The smallest absolute Gasteiger partial charge is 0.355 e. The summed E-state index contributed by atoms with van der Waals surface area (Å²) in [5, 5.41) is 9.41. The number of hydrogen-bond acceptors (Lipinski definition) is 6. The van der Waals surface area contributed by atoms with Gasteiger partial charge in [-0.05, 0) is 34.1 Å². The number of halogens is 3. The van der Waals surface area contributed by atoms with Crippen LogP contribution in [-0.2, 0) is 19.1 Å². The van der Waals surface area contributed by atoms with Gasteiger partial charge in [0.25, 0.3) is 0 Å². The van der Waals surface area contributed by atoms with Crippen molar-refractivity contribution in [2.75, 3.05) is 19.1 Å². The number of methoxy groups -OCH3 is 2. The molecule has 0 saturated heterocycles. The summed E-state index contributed by atoms with van der Waals surface area (Å²) in [5.41, 5.74) is -1.79. The highest BCUT2D eigenvalue weighted by Crippen LogP contribution is 2.38. The second kappa shape index (κ2) is 8.12. The molecule has 1 aromatic carbocycles. The van der Waals surface area contributed by atoms with Gasteiger partial charge in [-0.3, -0.25) is 0 Å². The first-order valence-corrected chi connectivity index (χ1v) is 7.99. The zero-order valence-corrected chi connectivity index (χ0v) is 15.5. The molecule has 10 heteroatoms. The van der Waals surface area contributed by atoms with Crippen molar-refractivity contribution in [2.24, 2.45) is 0 Å². The predicted octanol–water partition coefficient (Wildman–Crippen LogP) is 2.92. The van der Waals surface area contributed by atoms with Gasteiger partial charge in [-0.1, -0.05) is 6.08 Å². The lowest BCUT2D eigenvalue weighted by Gasteiger charge is -2.25. The number of carbonyl (C=O) groups is 3. The summed E-state index contributed by atoms with van der Waals surface area (Å²) in [6.07, 6.45) is 5.17. The van der Waals surface area contributed by atoms with Gasteiger partial charge < -0.3 is 19.5 Å². The molecule has 1 heterocycles. The van der Waals surface area contributed by atoms with E-state index in [-0.39, 0.29) is 5.57 Å². The molecule has 7 nitrogen and oxygen atoms in total. The first-order chi connectivity index (χ1) is 12.7. The number of nitrogens with zero attached hydrogens (tertiary/aromatic N) is 1. The molecular formula is C17H12BrF2NO6. The van der Waals surface area contributed by atoms with Crippen LogP contribution >= 0.6 is 15.9 Å². The third-order valence-corrected chi connectivity index (χ3v) is 4.22. The fourth-order valence-electron chi connectivity index (χ4n) is 2.32. The monoisotopic (exact) mass is 443 g/mol. The Bertz CT molecular complexity index is 922. The zero-order chi connectivity index (χ0) is 20.3. The molecule has 1 N–H and O–H groups in total. The number of carbonyl (C=O) groups excluding carboxylic acids is 2. The van der Waals surface area contributed by atoms with E-state index in [1.807, 2.05) is 0 Å². The van der Waals surface area contributed by atoms with Crippen molar-refractivity contribution < 1.29 is 37.7 Å². The third kappa shape index (κ3) is 3.75. The van der Waals surface area contributed by atoms with Crippen molar-refractivity contribution in [3.63, 3.8) is 0 Å². The third-order valence-electron chi connectivity index (χ3n) is 3.50. The van der Waals surface area contributed by atoms with Crippen LogP contribution in [0.3, 0.4) is 0 Å². The SMILES string of the molecule is COC(=O)C1=C(C(=O)OC)N(c2c(C(=O)O)cc(F)c(F)c2Br)C=CC=C1. The van der Waals surface area contributed by atoms with Gasteiger partial charge in [-0.15, -0.1) is 0 Å². The predicted molar refractivity (Wildman–Crippen MR) is 92.8 cm³/mol. The highest BCUT2D eigenvalue weighted by molar-refractivity contribution is 9.10. The summed E-state index contributed by atoms with van der Waals surface area (Å²) in [6, 6.07) is 0.469. The van der Waals surface area contributed by atoms with Gasteiger partial charge in [-0.2, -0.15) is 0 Å². The number of ether oxygens (including phenoxy) is 2. The van der Waals surface area contributed by atoms with Crippen LogP contribution in [0.5, 0.6) is 0 Å². The van der Waals surface area contributed by atoms with Gasteiger partial charge in [-0.25, -0.2) is 23.2 Å². The van der Waals surface area contributed by atoms with Gasteiger partial charge in [0.05, 0.1) is 35.5 Å². The molecular weight excluding hydrogens is 432 g/mol. The zero-order valence-electron chi connectivity index (χ0n) is 14.0. The van der Waals surface area contributed by atoms with E-state index in [0.29, 0.717) is 6.07 Å². The lowest BCUT2D eigenvalue weighted by Crippen LogP contribution is -2.28. The van der Waals surface area contributed by atoms with Crippen LogP contribution in [0.15, 0.2) is 46.2 Å². The molecule has 27 heavy (non-hydrogen) atoms. The summed E-state index contributed by atoms with van der Waals surface area (Å²) in [4.78, 5) is 36.9. The number of esters is 2. The Morgan fingerprint density at radius 1 is 1.11 bits per heavy atom. The largest absolute Gasteiger partial charge is 0.478 e. The van der Waals surface area contributed by atoms with Crippen molar-refractivity contribution in [2.45, 2.75) is 0 Å². The van der Waals surface area contributed by atoms with Gasteiger partial charge in [0.2, 0.25) is 0 Å². The quantitative estimate of drug-likeness (QED) is 0.564. The summed E-state index contributed by atoms with van der Waals surface area (Å²) in [6.45, 7) is 0. The minimum Gasteiger partial charge on any atom is -0.478 e. The van der Waals surface area contributed by atoms with Crippen LogP contribution < -0.4 is 4.90 Å². The van der Waals surface area contributed by atoms with E-state index in [1.54, 1.807) is 0 Å². The lowest BCUT2D eigenvalue weighted by molar-refractivity contribution is -0.139. The molecule has 1 aliphatic rings. The number of hydrogen-bond donors (Lipinski definition) is 1. The fourth-order valence-corrected chi connectivity index (χ4v) is 2.91. The Morgan fingerprint density at radius 3 is 2.30 bits per heavy atom. The molecule has 0 aliphatic carbocycles. The minimum atomic E-state index is -1.58. The van der Waals surface area contributed by atoms with Crippen LogP contribution in [-0.4, -0.2) is 37.2 Å². The van der Waals surface area contributed by atoms with E-state index >= 15 is 0 Å². The first-order valence-electron chi connectivity index (χ1n) is 7.20. The standard InChI is InChI=1S/C17H12BrF2NO6/c1-26-16(24)8-5-3-4-6-21(14(8)17(25)27-2)13-9(15(22)23)7-10(19)12(20)11(13)18/h3-7H,1-2H3,(H,22,23). The van der Waals surface area contributed by atoms with Crippen molar-refractivity contribution in [1.82, 2.24) is 0 Å². The van der Waals surface area contributed by atoms with E-state index in [1.165, 1.54) is 24.4 Å². The maximum absolute atomic E-state index is 14.1. The van der Waals surface area contributed by atoms with E-state index in [9.17, 15) is 28.3 Å². The topological polar surface area (TPSA) is 93.1 Å². The van der Waals surface area contributed by atoms with Crippen LogP contribution in [0.25, 0.3) is 0 Å². The molecule has 0 bridgehead atoms. The minimum absolute atomic E-state index is 0.276. The highest BCUT2D eigenvalue weighted by atomic mass is 79.9. The van der Waals surface area contributed by atoms with E-state index in [0.717, 1.165) is 19.1 Å². The van der Waals surface area contributed by atoms with Crippen LogP contribution in [0, 0.1) is 11.6 Å². The number of carboxylic acid groups (broad SMARTS) is 1. The van der Waals surface area contributed by atoms with Gasteiger partial charge in [0.1, 0.15) is 5.70 Å². The van der Waals surface area contributed by atoms with Crippen LogP contribution in [0.4, 0.5) is 14.5 Å². The van der Waals surface area contributed by atoms with E-state index < -0.39 is 51.0 Å².